The lowest BCUT2D eigenvalue weighted by molar-refractivity contribution is 0.182. The maximum atomic E-state index is 12.1. The van der Waals surface area contributed by atoms with Crippen LogP contribution in [0.5, 0.6) is 0 Å². The Morgan fingerprint density at radius 1 is 1.60 bits per heavy atom. The van der Waals surface area contributed by atoms with Crippen LogP contribution in [0.1, 0.15) is 33.1 Å². The largest absolute Gasteiger partial charge is 0.383 e. The summed E-state index contributed by atoms with van der Waals surface area (Å²) in [5, 5.41) is 7.69. The van der Waals surface area contributed by atoms with Gasteiger partial charge in [0.1, 0.15) is 5.02 Å². The van der Waals surface area contributed by atoms with Gasteiger partial charge in [-0.25, -0.2) is 4.68 Å². The van der Waals surface area contributed by atoms with E-state index in [1.807, 2.05) is 0 Å². The number of ether oxygens (including phenoxy) is 1. The second kappa shape index (κ2) is 6.14. The molecule has 1 aromatic rings. The van der Waals surface area contributed by atoms with Crippen LogP contribution in [0.3, 0.4) is 0 Å². The van der Waals surface area contributed by atoms with Gasteiger partial charge >= 0.3 is 0 Å². The molecule has 0 aromatic carbocycles. The average Bonchev–Trinajstić information content (AvgIpc) is 2.74. The van der Waals surface area contributed by atoms with E-state index < -0.39 is 0 Å². The van der Waals surface area contributed by atoms with Crippen LogP contribution in [-0.2, 0) is 11.3 Å². The molecule has 0 aliphatic heterocycles. The molecular weight excluding hydrogens is 278 g/mol. The van der Waals surface area contributed by atoms with Crippen LogP contribution in [-0.4, -0.2) is 29.5 Å². The van der Waals surface area contributed by atoms with Gasteiger partial charge in [-0.1, -0.05) is 25.4 Å². The SMILES string of the molecule is COCCn1ncc(NC2CCC(C)(C)C2)c(Cl)c1=O. The Morgan fingerprint density at radius 3 is 2.95 bits per heavy atom. The van der Waals surface area contributed by atoms with Crippen LogP contribution in [0.25, 0.3) is 0 Å². The van der Waals surface area contributed by atoms with E-state index >= 15 is 0 Å². The monoisotopic (exact) mass is 299 g/mol. The lowest BCUT2D eigenvalue weighted by Gasteiger charge is -2.19. The predicted molar refractivity (Wildman–Crippen MR) is 80.4 cm³/mol. The number of hydrogen-bond acceptors (Lipinski definition) is 4. The summed E-state index contributed by atoms with van der Waals surface area (Å²) in [6.07, 6.45) is 4.98. The van der Waals surface area contributed by atoms with Gasteiger partial charge in [0.15, 0.2) is 0 Å². The third-order valence-electron chi connectivity index (χ3n) is 3.82. The number of halogens is 1. The van der Waals surface area contributed by atoms with Crippen molar-refractivity contribution in [3.8, 4) is 0 Å². The highest BCUT2D eigenvalue weighted by molar-refractivity contribution is 6.32. The molecule has 5 nitrogen and oxygen atoms in total. The predicted octanol–water partition coefficient (Wildman–Crippen LogP) is 2.53. The van der Waals surface area contributed by atoms with Gasteiger partial charge in [0.25, 0.3) is 5.56 Å². The molecule has 0 bridgehead atoms. The molecule has 2 rings (SSSR count). The van der Waals surface area contributed by atoms with Gasteiger partial charge < -0.3 is 10.1 Å². The van der Waals surface area contributed by atoms with E-state index in [2.05, 4.69) is 24.3 Å². The molecule has 1 aliphatic carbocycles. The van der Waals surface area contributed by atoms with Crippen LogP contribution in [0, 0.1) is 5.41 Å². The van der Waals surface area contributed by atoms with Crippen molar-refractivity contribution in [3.63, 3.8) is 0 Å². The first-order valence-corrected chi connectivity index (χ1v) is 7.32. The fourth-order valence-corrected chi connectivity index (χ4v) is 2.88. The Hall–Kier alpha value is -1.07. The number of nitrogens with one attached hydrogen (secondary N) is 1. The van der Waals surface area contributed by atoms with Gasteiger partial charge in [-0.05, 0) is 24.7 Å². The van der Waals surface area contributed by atoms with Crippen molar-refractivity contribution in [3.05, 3.63) is 21.6 Å². The van der Waals surface area contributed by atoms with Gasteiger partial charge in [0.05, 0.1) is 25.0 Å². The highest BCUT2D eigenvalue weighted by atomic mass is 35.5. The average molecular weight is 300 g/mol. The van der Waals surface area contributed by atoms with E-state index in [9.17, 15) is 4.79 Å². The molecular formula is C14H22ClN3O2. The highest BCUT2D eigenvalue weighted by Crippen LogP contribution is 2.38. The van der Waals surface area contributed by atoms with Crippen molar-refractivity contribution in [2.24, 2.45) is 5.41 Å². The number of rotatable bonds is 5. The summed E-state index contributed by atoms with van der Waals surface area (Å²) in [6.45, 7) is 5.37. The Balaban J connectivity index is 2.10. The van der Waals surface area contributed by atoms with E-state index in [1.54, 1.807) is 13.3 Å². The van der Waals surface area contributed by atoms with E-state index in [-0.39, 0.29) is 10.6 Å². The topological polar surface area (TPSA) is 56.1 Å². The summed E-state index contributed by atoms with van der Waals surface area (Å²) in [4.78, 5) is 12.1. The van der Waals surface area contributed by atoms with Gasteiger partial charge in [-0.2, -0.15) is 5.10 Å². The zero-order valence-corrected chi connectivity index (χ0v) is 13.0. The molecule has 1 heterocycles. The minimum atomic E-state index is -0.272. The van der Waals surface area contributed by atoms with Crippen molar-refractivity contribution in [1.29, 1.82) is 0 Å². The Bertz CT molecular complexity index is 528. The van der Waals surface area contributed by atoms with Crippen molar-refractivity contribution in [2.45, 2.75) is 45.7 Å². The third kappa shape index (κ3) is 3.52. The molecule has 0 saturated heterocycles. The smallest absolute Gasteiger partial charge is 0.287 e. The van der Waals surface area contributed by atoms with E-state index in [0.717, 1.165) is 12.8 Å². The molecule has 1 aliphatic rings. The van der Waals surface area contributed by atoms with Crippen molar-refractivity contribution < 1.29 is 4.74 Å². The summed E-state index contributed by atoms with van der Waals surface area (Å²) in [5.74, 6) is 0. The first kappa shape index (κ1) is 15.3. The molecule has 1 atom stereocenters. The minimum absolute atomic E-state index is 0.209. The first-order chi connectivity index (χ1) is 9.43. The molecule has 0 spiro atoms. The van der Waals surface area contributed by atoms with Crippen LogP contribution in [0.2, 0.25) is 5.02 Å². The van der Waals surface area contributed by atoms with Crippen LogP contribution in [0.15, 0.2) is 11.0 Å². The third-order valence-corrected chi connectivity index (χ3v) is 4.19. The number of hydrogen-bond donors (Lipinski definition) is 1. The summed E-state index contributed by atoms with van der Waals surface area (Å²) in [5.41, 5.74) is 0.712. The minimum Gasteiger partial charge on any atom is -0.383 e. The lowest BCUT2D eigenvalue weighted by atomic mass is 9.92. The maximum Gasteiger partial charge on any atom is 0.287 e. The molecule has 1 unspecified atom stereocenters. The van der Waals surface area contributed by atoms with Gasteiger partial charge in [0.2, 0.25) is 0 Å². The zero-order valence-electron chi connectivity index (χ0n) is 12.3. The quantitative estimate of drug-likeness (QED) is 0.908. The lowest BCUT2D eigenvalue weighted by Crippen LogP contribution is -2.27. The number of anilines is 1. The van der Waals surface area contributed by atoms with Gasteiger partial charge in [-0.3, -0.25) is 4.79 Å². The Kier molecular flexibility index (Phi) is 4.70. The molecule has 6 heteroatoms. The number of nitrogens with zero attached hydrogens (tertiary/aromatic N) is 2. The first-order valence-electron chi connectivity index (χ1n) is 6.94. The zero-order chi connectivity index (χ0) is 14.8. The number of aromatic nitrogens is 2. The van der Waals surface area contributed by atoms with E-state index in [4.69, 9.17) is 16.3 Å². The van der Waals surface area contributed by atoms with E-state index in [0.29, 0.717) is 30.3 Å². The summed E-state index contributed by atoms with van der Waals surface area (Å²) in [7, 11) is 1.59. The molecule has 20 heavy (non-hydrogen) atoms. The normalized spacial score (nSPS) is 21.1. The van der Waals surface area contributed by atoms with Crippen LogP contribution >= 0.6 is 11.6 Å². The van der Waals surface area contributed by atoms with Gasteiger partial charge in [-0.15, -0.1) is 0 Å². The standard InChI is InChI=1S/C14H22ClN3O2/c1-14(2)5-4-10(8-14)17-11-9-16-18(6-7-20-3)13(19)12(11)15/h9-10,17H,4-8H2,1-3H3. The Labute approximate surface area is 124 Å². The van der Waals surface area contributed by atoms with Crippen molar-refractivity contribution >= 4 is 17.3 Å². The summed E-state index contributed by atoms with van der Waals surface area (Å²) < 4.78 is 6.27. The highest BCUT2D eigenvalue weighted by Gasteiger charge is 2.31. The fourth-order valence-electron chi connectivity index (χ4n) is 2.68. The molecule has 112 valence electrons. The Morgan fingerprint density at radius 2 is 2.35 bits per heavy atom. The molecule has 1 N–H and O–H groups in total. The summed E-state index contributed by atoms with van der Waals surface area (Å²) >= 11 is 6.15. The summed E-state index contributed by atoms with van der Waals surface area (Å²) in [6, 6.07) is 0.360. The van der Waals surface area contributed by atoms with Crippen LogP contribution in [0.4, 0.5) is 5.69 Å². The molecule has 1 aromatic heterocycles. The maximum absolute atomic E-state index is 12.1. The molecule has 0 radical (unpaired) electrons. The molecule has 1 fully saturated rings. The second-order valence-electron chi connectivity index (χ2n) is 6.14. The van der Waals surface area contributed by atoms with E-state index in [1.165, 1.54) is 11.1 Å². The fraction of sp³-hybridized carbons (Fsp3) is 0.714. The van der Waals surface area contributed by atoms with Crippen molar-refractivity contribution in [2.75, 3.05) is 19.0 Å². The molecule has 1 saturated carbocycles. The number of methoxy groups -OCH3 is 1. The second-order valence-corrected chi connectivity index (χ2v) is 6.52. The van der Waals surface area contributed by atoms with Gasteiger partial charge in [0, 0.05) is 13.2 Å². The van der Waals surface area contributed by atoms with Crippen molar-refractivity contribution in [1.82, 2.24) is 9.78 Å². The van der Waals surface area contributed by atoms with Crippen LogP contribution < -0.4 is 10.9 Å². The molecule has 0 amide bonds.